The van der Waals surface area contributed by atoms with Crippen LogP contribution in [0.25, 0.3) is 0 Å². The smallest absolute Gasteiger partial charge is 0.124 e. The molecule has 3 nitrogen and oxygen atoms in total. The molecular weight excluding hydrogens is 250 g/mol. The predicted molar refractivity (Wildman–Crippen MR) is 79.0 cm³/mol. The summed E-state index contributed by atoms with van der Waals surface area (Å²) in [5.74, 6) is 1.30. The molecule has 104 valence electrons. The van der Waals surface area contributed by atoms with E-state index in [-0.39, 0.29) is 12.1 Å². The first-order valence-corrected chi connectivity index (χ1v) is 7.05. The van der Waals surface area contributed by atoms with E-state index in [1.54, 1.807) is 6.07 Å². The molecule has 3 heteroatoms. The highest BCUT2D eigenvalue weighted by Gasteiger charge is 2.26. The Kier molecular flexibility index (Phi) is 3.61. The van der Waals surface area contributed by atoms with E-state index < -0.39 is 0 Å². The van der Waals surface area contributed by atoms with Gasteiger partial charge < -0.3 is 9.84 Å². The van der Waals surface area contributed by atoms with Gasteiger partial charge in [-0.3, -0.25) is 5.32 Å². The van der Waals surface area contributed by atoms with E-state index in [1.165, 1.54) is 5.56 Å². The lowest BCUT2D eigenvalue weighted by Gasteiger charge is -2.22. The summed E-state index contributed by atoms with van der Waals surface area (Å²) in [6.45, 7) is 2.76. The number of ether oxygens (including phenoxy) is 1. The van der Waals surface area contributed by atoms with E-state index in [0.717, 1.165) is 17.7 Å². The Bertz CT molecular complexity index is 597. The molecule has 0 bridgehead atoms. The molecule has 0 saturated heterocycles. The van der Waals surface area contributed by atoms with Gasteiger partial charge in [0.2, 0.25) is 0 Å². The fraction of sp³-hybridized carbons (Fsp3) is 0.294. The standard InChI is InChI=1S/C17H19NO2/c1-2-14(12-7-3-5-9-16(12)19)18-15-11-20-17-10-6-4-8-13(15)17/h3-10,14-15,18-19H,2,11H2,1H3. The van der Waals surface area contributed by atoms with Gasteiger partial charge in [-0.2, -0.15) is 0 Å². The minimum Gasteiger partial charge on any atom is -0.508 e. The van der Waals surface area contributed by atoms with E-state index in [0.29, 0.717) is 12.4 Å². The molecule has 0 fully saturated rings. The number of nitrogens with one attached hydrogen (secondary N) is 1. The van der Waals surface area contributed by atoms with Crippen LogP contribution in [0.2, 0.25) is 0 Å². The summed E-state index contributed by atoms with van der Waals surface area (Å²) < 4.78 is 5.70. The van der Waals surface area contributed by atoms with Crippen LogP contribution in [0.15, 0.2) is 48.5 Å². The van der Waals surface area contributed by atoms with Crippen LogP contribution in [0.4, 0.5) is 0 Å². The summed E-state index contributed by atoms with van der Waals surface area (Å²) in [6, 6.07) is 15.9. The Morgan fingerprint density at radius 3 is 2.75 bits per heavy atom. The number of phenolic OH excluding ortho intramolecular Hbond substituents is 1. The first-order valence-electron chi connectivity index (χ1n) is 7.05. The Hall–Kier alpha value is -2.00. The van der Waals surface area contributed by atoms with Gasteiger partial charge in [0.15, 0.2) is 0 Å². The van der Waals surface area contributed by atoms with Crippen molar-refractivity contribution in [1.82, 2.24) is 5.32 Å². The lowest BCUT2D eigenvalue weighted by Crippen LogP contribution is -2.27. The number of rotatable bonds is 4. The van der Waals surface area contributed by atoms with Gasteiger partial charge in [0, 0.05) is 17.2 Å². The van der Waals surface area contributed by atoms with Gasteiger partial charge in [-0.15, -0.1) is 0 Å². The number of fused-ring (bicyclic) bond motifs is 1. The molecule has 0 aromatic heterocycles. The third-order valence-electron chi connectivity index (χ3n) is 3.82. The van der Waals surface area contributed by atoms with Gasteiger partial charge in [-0.25, -0.2) is 0 Å². The van der Waals surface area contributed by atoms with E-state index in [9.17, 15) is 5.11 Å². The Balaban J connectivity index is 1.82. The van der Waals surface area contributed by atoms with Gasteiger partial charge in [0.05, 0.1) is 6.04 Å². The Labute approximate surface area is 119 Å². The van der Waals surface area contributed by atoms with Gasteiger partial charge in [-0.05, 0) is 18.6 Å². The lowest BCUT2D eigenvalue weighted by molar-refractivity contribution is 0.294. The number of benzene rings is 2. The SMILES string of the molecule is CCC(NC1COc2ccccc21)c1ccccc1O. The molecular formula is C17H19NO2. The number of hydrogen-bond acceptors (Lipinski definition) is 3. The predicted octanol–water partition coefficient (Wildman–Crippen LogP) is 3.57. The maximum Gasteiger partial charge on any atom is 0.124 e. The summed E-state index contributed by atoms with van der Waals surface area (Å²) in [4.78, 5) is 0. The highest BCUT2D eigenvalue weighted by molar-refractivity contribution is 5.40. The summed E-state index contributed by atoms with van der Waals surface area (Å²) in [5.41, 5.74) is 2.14. The summed E-state index contributed by atoms with van der Waals surface area (Å²) in [7, 11) is 0. The van der Waals surface area contributed by atoms with Crippen molar-refractivity contribution < 1.29 is 9.84 Å². The van der Waals surface area contributed by atoms with E-state index in [1.807, 2.05) is 36.4 Å². The van der Waals surface area contributed by atoms with Crippen LogP contribution >= 0.6 is 0 Å². The summed E-state index contributed by atoms with van der Waals surface area (Å²) in [5, 5.41) is 13.6. The van der Waals surface area contributed by atoms with Crippen molar-refractivity contribution in [3.8, 4) is 11.5 Å². The zero-order chi connectivity index (χ0) is 13.9. The van der Waals surface area contributed by atoms with Crippen molar-refractivity contribution in [2.24, 2.45) is 0 Å². The van der Waals surface area contributed by atoms with Crippen LogP contribution < -0.4 is 10.1 Å². The number of hydrogen-bond donors (Lipinski definition) is 2. The normalized spacial score (nSPS) is 18.4. The zero-order valence-electron chi connectivity index (χ0n) is 11.5. The molecule has 2 aromatic carbocycles. The van der Waals surface area contributed by atoms with E-state index >= 15 is 0 Å². The molecule has 1 aliphatic heterocycles. The largest absolute Gasteiger partial charge is 0.508 e. The Morgan fingerprint density at radius 1 is 1.20 bits per heavy atom. The van der Waals surface area contributed by atoms with E-state index in [2.05, 4.69) is 18.3 Å². The monoisotopic (exact) mass is 269 g/mol. The highest BCUT2D eigenvalue weighted by Crippen LogP contribution is 2.35. The molecule has 0 amide bonds. The zero-order valence-corrected chi connectivity index (χ0v) is 11.5. The van der Waals surface area contributed by atoms with Gasteiger partial charge in [-0.1, -0.05) is 43.3 Å². The number of aromatic hydroxyl groups is 1. The molecule has 20 heavy (non-hydrogen) atoms. The quantitative estimate of drug-likeness (QED) is 0.891. The number of para-hydroxylation sites is 2. The topological polar surface area (TPSA) is 41.5 Å². The third-order valence-corrected chi connectivity index (χ3v) is 3.82. The average Bonchev–Trinajstić information content (AvgIpc) is 2.89. The van der Waals surface area contributed by atoms with Crippen molar-refractivity contribution in [1.29, 1.82) is 0 Å². The fourth-order valence-corrected chi connectivity index (χ4v) is 2.75. The number of phenols is 1. The van der Waals surface area contributed by atoms with Crippen LogP contribution in [0.3, 0.4) is 0 Å². The first-order chi connectivity index (χ1) is 9.79. The van der Waals surface area contributed by atoms with Crippen LogP contribution in [0.5, 0.6) is 11.5 Å². The summed E-state index contributed by atoms with van der Waals surface area (Å²) in [6.07, 6.45) is 0.913. The molecule has 3 rings (SSSR count). The molecule has 0 aliphatic carbocycles. The van der Waals surface area contributed by atoms with Crippen molar-refractivity contribution in [3.05, 3.63) is 59.7 Å². The molecule has 1 aliphatic rings. The van der Waals surface area contributed by atoms with E-state index in [4.69, 9.17) is 4.74 Å². The second-order valence-electron chi connectivity index (χ2n) is 5.09. The molecule has 2 atom stereocenters. The van der Waals surface area contributed by atoms with Crippen LogP contribution in [-0.2, 0) is 0 Å². The second kappa shape index (κ2) is 5.55. The minimum absolute atomic E-state index is 0.121. The van der Waals surface area contributed by atoms with Crippen LogP contribution in [-0.4, -0.2) is 11.7 Å². The maximum atomic E-state index is 10.0. The van der Waals surface area contributed by atoms with Gasteiger partial charge >= 0.3 is 0 Å². The summed E-state index contributed by atoms with van der Waals surface area (Å²) >= 11 is 0. The van der Waals surface area contributed by atoms with Crippen molar-refractivity contribution >= 4 is 0 Å². The maximum absolute atomic E-state index is 10.0. The molecule has 0 saturated carbocycles. The molecule has 2 N–H and O–H groups in total. The van der Waals surface area contributed by atoms with Gasteiger partial charge in [0.25, 0.3) is 0 Å². The average molecular weight is 269 g/mol. The van der Waals surface area contributed by atoms with Crippen molar-refractivity contribution in [3.63, 3.8) is 0 Å². The van der Waals surface area contributed by atoms with Crippen molar-refractivity contribution in [2.75, 3.05) is 6.61 Å². The highest BCUT2D eigenvalue weighted by atomic mass is 16.5. The molecule has 0 spiro atoms. The Morgan fingerprint density at radius 2 is 1.95 bits per heavy atom. The lowest BCUT2D eigenvalue weighted by atomic mass is 10.0. The molecule has 0 radical (unpaired) electrons. The molecule has 1 heterocycles. The molecule has 2 unspecified atom stereocenters. The van der Waals surface area contributed by atoms with Crippen molar-refractivity contribution in [2.45, 2.75) is 25.4 Å². The first kappa shape index (κ1) is 13.0. The third kappa shape index (κ3) is 2.37. The second-order valence-corrected chi connectivity index (χ2v) is 5.09. The van der Waals surface area contributed by atoms with Gasteiger partial charge in [0.1, 0.15) is 18.1 Å². The molecule has 2 aromatic rings. The van der Waals surface area contributed by atoms with Crippen LogP contribution in [0.1, 0.15) is 36.6 Å². The van der Waals surface area contributed by atoms with Crippen LogP contribution in [0, 0.1) is 0 Å². The minimum atomic E-state index is 0.121. The fourth-order valence-electron chi connectivity index (χ4n) is 2.75.